The second kappa shape index (κ2) is 10.7. The van der Waals surface area contributed by atoms with Gasteiger partial charge >= 0.3 is 17.1 Å². The van der Waals surface area contributed by atoms with Crippen molar-refractivity contribution in [2.24, 2.45) is 0 Å². The summed E-state index contributed by atoms with van der Waals surface area (Å²) in [6, 6.07) is 0. The predicted octanol–water partition coefficient (Wildman–Crippen LogP) is 0.333. The van der Waals surface area contributed by atoms with Crippen LogP contribution in [-0.4, -0.2) is 11.8 Å². The Morgan fingerprint density at radius 3 is 1.50 bits per heavy atom. The molecular formula is C8H14FeO3. The van der Waals surface area contributed by atoms with Crippen LogP contribution in [0.4, 0.5) is 0 Å². The standard InChI is InChI=1S/C4H6O3.C4H9.Fe/c1-3(5)2-4(6)7;1-4(2)3;/h2H2,1H3,(H,6,7);1-3H3;/q;-1;+2/p-1. The van der Waals surface area contributed by atoms with E-state index in [0.29, 0.717) is 0 Å². The van der Waals surface area contributed by atoms with E-state index in [1.54, 1.807) is 0 Å². The summed E-state index contributed by atoms with van der Waals surface area (Å²) in [5.74, 6) is -0.271. The van der Waals surface area contributed by atoms with Crippen LogP contribution in [0.3, 0.4) is 0 Å². The number of hydrogen-bond acceptors (Lipinski definition) is 3. The second-order valence-electron chi connectivity index (χ2n) is 2.75. The first-order valence-electron chi connectivity index (χ1n) is 3.32. The van der Waals surface area contributed by atoms with Crippen LogP contribution in [0.2, 0.25) is 0 Å². The van der Waals surface area contributed by atoms with E-state index in [4.69, 9.17) is 0 Å². The van der Waals surface area contributed by atoms with Crippen LogP contribution in [0.25, 0.3) is 0 Å². The molecule has 0 fully saturated rings. The fourth-order valence-electron chi connectivity index (χ4n) is 0.203. The van der Waals surface area contributed by atoms with Gasteiger partial charge in [0, 0.05) is 12.4 Å². The molecule has 4 heteroatoms. The van der Waals surface area contributed by atoms with Crippen molar-refractivity contribution in [3.05, 3.63) is 5.92 Å². The first-order chi connectivity index (χ1) is 4.86. The third kappa shape index (κ3) is 54.1. The summed E-state index contributed by atoms with van der Waals surface area (Å²) in [4.78, 5) is 19.3. The minimum Gasteiger partial charge on any atom is -0.550 e. The van der Waals surface area contributed by atoms with Crippen LogP contribution in [0.1, 0.15) is 34.1 Å². The number of carbonyl (C=O) groups is 2. The maximum absolute atomic E-state index is 9.83. The molecule has 12 heavy (non-hydrogen) atoms. The molecule has 0 aliphatic carbocycles. The number of carboxylic acid groups (broad SMARTS) is 1. The van der Waals surface area contributed by atoms with Crippen molar-refractivity contribution in [1.82, 2.24) is 0 Å². The van der Waals surface area contributed by atoms with Gasteiger partial charge in [-0.15, -0.1) is 0 Å². The van der Waals surface area contributed by atoms with Gasteiger partial charge in [-0.1, -0.05) is 0 Å². The number of carboxylic acids is 1. The van der Waals surface area contributed by atoms with E-state index in [-0.39, 0.29) is 22.9 Å². The third-order valence-electron chi connectivity index (χ3n) is 0.393. The second-order valence-corrected chi connectivity index (χ2v) is 2.75. The summed E-state index contributed by atoms with van der Waals surface area (Å²) in [6.07, 6.45) is -0.472. The summed E-state index contributed by atoms with van der Waals surface area (Å²) >= 11 is 0. The average Bonchev–Trinajstić information content (AvgIpc) is 1.56. The molecule has 0 N–H and O–H groups in total. The van der Waals surface area contributed by atoms with Gasteiger partial charge in [-0.2, -0.15) is 20.8 Å². The molecule has 0 aromatic carbocycles. The molecule has 0 aliphatic heterocycles. The average molecular weight is 214 g/mol. The van der Waals surface area contributed by atoms with Gasteiger partial charge in [0.05, 0.1) is 0 Å². The smallest absolute Gasteiger partial charge is 0.550 e. The molecule has 0 bridgehead atoms. The number of carbonyl (C=O) groups excluding carboxylic acids is 2. The van der Waals surface area contributed by atoms with Crippen LogP contribution in [0.15, 0.2) is 0 Å². The number of rotatable bonds is 2. The predicted molar refractivity (Wildman–Crippen MR) is 40.6 cm³/mol. The summed E-state index contributed by atoms with van der Waals surface area (Å²) in [5, 5.41) is 9.48. The Balaban J connectivity index is -0.000000142. The molecule has 0 rings (SSSR count). The Bertz CT molecular complexity index is 118. The Hall–Kier alpha value is -0.341. The van der Waals surface area contributed by atoms with Gasteiger partial charge in [0.1, 0.15) is 5.78 Å². The van der Waals surface area contributed by atoms with Crippen molar-refractivity contribution in [2.45, 2.75) is 34.1 Å². The SMILES string of the molecule is CC(=O)CC(=O)[O-].C[C-](C)C.[Fe+2]. The molecule has 0 radical (unpaired) electrons. The maximum Gasteiger partial charge on any atom is 2.00 e. The quantitative estimate of drug-likeness (QED) is 0.378. The summed E-state index contributed by atoms with van der Waals surface area (Å²) in [7, 11) is 0. The van der Waals surface area contributed by atoms with E-state index in [9.17, 15) is 14.7 Å². The van der Waals surface area contributed by atoms with Crippen LogP contribution in [-0.2, 0) is 26.7 Å². The Kier molecular flexibility index (Phi) is 15.7. The van der Waals surface area contributed by atoms with E-state index < -0.39 is 12.4 Å². The van der Waals surface area contributed by atoms with Crippen LogP contribution in [0, 0.1) is 5.92 Å². The zero-order valence-electron chi connectivity index (χ0n) is 7.79. The molecule has 0 saturated carbocycles. The zero-order valence-corrected chi connectivity index (χ0v) is 8.89. The molecule has 0 atom stereocenters. The molecule has 0 saturated heterocycles. The van der Waals surface area contributed by atoms with Gasteiger partial charge < -0.3 is 15.8 Å². The van der Waals surface area contributed by atoms with Crippen molar-refractivity contribution < 1.29 is 31.8 Å². The van der Waals surface area contributed by atoms with E-state index >= 15 is 0 Å². The van der Waals surface area contributed by atoms with E-state index in [1.807, 2.05) is 0 Å². The minimum atomic E-state index is -1.31. The van der Waals surface area contributed by atoms with Crippen molar-refractivity contribution in [2.75, 3.05) is 0 Å². The fourth-order valence-corrected chi connectivity index (χ4v) is 0.203. The zero-order chi connectivity index (χ0) is 9.44. The number of aliphatic carboxylic acids is 1. The molecule has 0 aromatic heterocycles. The number of ketones is 1. The Morgan fingerprint density at radius 1 is 1.25 bits per heavy atom. The van der Waals surface area contributed by atoms with Crippen molar-refractivity contribution in [3.8, 4) is 0 Å². The summed E-state index contributed by atoms with van der Waals surface area (Å²) in [5.41, 5.74) is 0. The number of hydrogen-bond donors (Lipinski definition) is 0. The molecular weight excluding hydrogens is 200 g/mol. The normalized spacial score (nSPS) is 7.75. The molecule has 0 heterocycles. The first-order valence-corrected chi connectivity index (χ1v) is 3.32. The maximum atomic E-state index is 9.83. The molecule has 72 valence electrons. The summed E-state index contributed by atoms with van der Waals surface area (Å²) in [6.45, 7) is 7.45. The third-order valence-corrected chi connectivity index (χ3v) is 0.393. The van der Waals surface area contributed by atoms with Gasteiger partial charge in [-0.05, 0) is 6.92 Å². The van der Waals surface area contributed by atoms with E-state index in [2.05, 4.69) is 20.8 Å². The topological polar surface area (TPSA) is 57.2 Å². The van der Waals surface area contributed by atoms with Gasteiger partial charge in [-0.3, -0.25) is 4.79 Å². The molecule has 3 nitrogen and oxygen atoms in total. The van der Waals surface area contributed by atoms with E-state index in [1.165, 1.54) is 12.8 Å². The van der Waals surface area contributed by atoms with Gasteiger partial charge in [0.25, 0.3) is 0 Å². The van der Waals surface area contributed by atoms with Crippen LogP contribution < -0.4 is 5.11 Å². The van der Waals surface area contributed by atoms with Gasteiger partial charge in [0.15, 0.2) is 0 Å². The van der Waals surface area contributed by atoms with Crippen molar-refractivity contribution >= 4 is 11.8 Å². The number of Topliss-reactive ketones (excluding diaryl/α,β-unsaturated/α-hetero) is 1. The molecule has 0 spiro atoms. The van der Waals surface area contributed by atoms with Gasteiger partial charge in [0.2, 0.25) is 0 Å². The van der Waals surface area contributed by atoms with Gasteiger partial charge in [-0.25, -0.2) is 0 Å². The van der Waals surface area contributed by atoms with Crippen molar-refractivity contribution in [1.29, 1.82) is 0 Å². The van der Waals surface area contributed by atoms with Crippen LogP contribution in [0.5, 0.6) is 0 Å². The Labute approximate surface area is 84.0 Å². The molecule has 0 aliphatic rings. The Morgan fingerprint density at radius 2 is 1.50 bits per heavy atom. The molecule has 0 amide bonds. The van der Waals surface area contributed by atoms with E-state index in [0.717, 1.165) is 0 Å². The first kappa shape index (κ1) is 17.7. The van der Waals surface area contributed by atoms with Crippen molar-refractivity contribution in [3.63, 3.8) is 0 Å². The molecule has 0 aromatic rings. The summed E-state index contributed by atoms with van der Waals surface area (Å²) < 4.78 is 0. The largest absolute Gasteiger partial charge is 2.00 e. The minimum absolute atomic E-state index is 0. The monoisotopic (exact) mass is 214 g/mol. The molecule has 0 unspecified atom stereocenters. The fraction of sp³-hybridized carbons (Fsp3) is 0.625. The van der Waals surface area contributed by atoms with Crippen LogP contribution >= 0.6 is 0 Å².